The van der Waals surface area contributed by atoms with Gasteiger partial charge >= 0.3 is 5.97 Å². The van der Waals surface area contributed by atoms with Crippen molar-refractivity contribution in [3.63, 3.8) is 0 Å². The zero-order valence-corrected chi connectivity index (χ0v) is 22.6. The number of aliphatic hydroxyl groups excluding tert-OH is 2. The topological polar surface area (TPSA) is 167 Å². The standard InChI is InChI=1S/C30H35NO9/c1-17(34)11-27(37)25(15-33)21(9-10-32)12-19-13-24-23(7-8-26(36)30(24)28(38)14-19)20-3-5-22(6-4-20)31-29(39)16-40-18(2)35/h3-8,19,21,25,32-33,36H,9-16H2,1-2H3,(H,31,39). The van der Waals surface area contributed by atoms with Crippen molar-refractivity contribution in [3.8, 4) is 16.9 Å². The number of hydrogen-bond acceptors (Lipinski definition) is 9. The lowest BCUT2D eigenvalue weighted by Crippen LogP contribution is -2.32. The van der Waals surface area contributed by atoms with Crippen LogP contribution in [0.4, 0.5) is 5.69 Å². The average Bonchev–Trinajstić information content (AvgIpc) is 2.88. The number of aliphatic hydroxyl groups is 2. The van der Waals surface area contributed by atoms with Gasteiger partial charge < -0.3 is 25.4 Å². The van der Waals surface area contributed by atoms with Gasteiger partial charge in [-0.15, -0.1) is 0 Å². The molecule has 40 heavy (non-hydrogen) atoms. The largest absolute Gasteiger partial charge is 0.507 e. The quantitative estimate of drug-likeness (QED) is 0.215. The van der Waals surface area contributed by atoms with Crippen molar-refractivity contribution in [1.29, 1.82) is 0 Å². The first kappa shape index (κ1) is 30.6. The van der Waals surface area contributed by atoms with Gasteiger partial charge in [-0.25, -0.2) is 0 Å². The number of aromatic hydroxyl groups is 1. The van der Waals surface area contributed by atoms with Gasteiger partial charge in [0.05, 0.1) is 18.6 Å². The van der Waals surface area contributed by atoms with Gasteiger partial charge in [0.25, 0.3) is 5.91 Å². The SMILES string of the molecule is CC(=O)CC(=O)C(CO)C(CCO)CC1CC(=O)c2c(O)ccc(-c3ccc(NC(=O)COC(C)=O)cc3)c2C1. The molecule has 4 N–H and O–H groups in total. The van der Waals surface area contributed by atoms with Gasteiger partial charge in [0.1, 0.15) is 17.3 Å². The maximum atomic E-state index is 13.2. The molecular weight excluding hydrogens is 518 g/mol. The highest BCUT2D eigenvalue weighted by atomic mass is 16.5. The molecule has 0 bridgehead atoms. The molecule has 0 saturated carbocycles. The number of benzene rings is 2. The van der Waals surface area contributed by atoms with E-state index in [1.54, 1.807) is 30.3 Å². The van der Waals surface area contributed by atoms with E-state index in [1.165, 1.54) is 19.9 Å². The van der Waals surface area contributed by atoms with E-state index in [0.29, 0.717) is 24.1 Å². The van der Waals surface area contributed by atoms with Crippen LogP contribution in [0.3, 0.4) is 0 Å². The first-order valence-electron chi connectivity index (χ1n) is 13.2. The van der Waals surface area contributed by atoms with Crippen LogP contribution in [-0.2, 0) is 30.3 Å². The van der Waals surface area contributed by atoms with Crippen molar-refractivity contribution in [1.82, 2.24) is 0 Å². The Balaban J connectivity index is 1.85. The normalized spacial score (nSPS) is 16.0. The second-order valence-corrected chi connectivity index (χ2v) is 10.2. The van der Waals surface area contributed by atoms with Crippen LogP contribution in [0.25, 0.3) is 11.1 Å². The fraction of sp³-hybridized carbons (Fsp3) is 0.433. The molecule has 1 amide bonds. The lowest BCUT2D eigenvalue weighted by Gasteiger charge is -2.31. The van der Waals surface area contributed by atoms with E-state index < -0.39 is 36.9 Å². The molecule has 0 fully saturated rings. The van der Waals surface area contributed by atoms with Crippen LogP contribution in [0.15, 0.2) is 36.4 Å². The van der Waals surface area contributed by atoms with Crippen molar-refractivity contribution < 1.29 is 44.0 Å². The number of ketones is 3. The Bertz CT molecular complexity index is 1270. The molecule has 214 valence electrons. The zero-order chi connectivity index (χ0) is 29.4. The summed E-state index contributed by atoms with van der Waals surface area (Å²) in [7, 11) is 0. The van der Waals surface area contributed by atoms with E-state index >= 15 is 0 Å². The predicted octanol–water partition coefficient (Wildman–Crippen LogP) is 2.85. The van der Waals surface area contributed by atoms with Crippen LogP contribution in [0.5, 0.6) is 5.75 Å². The summed E-state index contributed by atoms with van der Waals surface area (Å²) in [5.74, 6) is -3.54. The second kappa shape index (κ2) is 14.0. The minimum atomic E-state index is -0.820. The maximum absolute atomic E-state index is 13.2. The van der Waals surface area contributed by atoms with Crippen molar-refractivity contribution in [2.24, 2.45) is 17.8 Å². The van der Waals surface area contributed by atoms with E-state index in [0.717, 1.165) is 11.1 Å². The number of rotatable bonds is 13. The van der Waals surface area contributed by atoms with Crippen LogP contribution in [-0.4, -0.2) is 64.4 Å². The molecule has 0 aliphatic heterocycles. The minimum Gasteiger partial charge on any atom is -0.507 e. The molecule has 3 rings (SSSR count). The van der Waals surface area contributed by atoms with Crippen LogP contribution >= 0.6 is 0 Å². The predicted molar refractivity (Wildman–Crippen MR) is 146 cm³/mol. The highest BCUT2D eigenvalue weighted by Crippen LogP contribution is 2.41. The third-order valence-electron chi connectivity index (χ3n) is 7.16. The van der Waals surface area contributed by atoms with Gasteiger partial charge in [-0.3, -0.25) is 24.0 Å². The number of ether oxygens (including phenoxy) is 1. The molecule has 10 nitrogen and oxygen atoms in total. The smallest absolute Gasteiger partial charge is 0.303 e. The lowest BCUT2D eigenvalue weighted by atomic mass is 9.72. The third kappa shape index (κ3) is 7.83. The fourth-order valence-corrected chi connectivity index (χ4v) is 5.39. The molecule has 0 saturated heterocycles. The van der Waals surface area contributed by atoms with Gasteiger partial charge in [0.15, 0.2) is 12.4 Å². The summed E-state index contributed by atoms with van der Waals surface area (Å²) >= 11 is 0. The fourth-order valence-electron chi connectivity index (χ4n) is 5.39. The number of nitrogens with one attached hydrogen (secondary N) is 1. The Kier molecular flexibility index (Phi) is 10.7. The van der Waals surface area contributed by atoms with Crippen molar-refractivity contribution in [3.05, 3.63) is 47.5 Å². The van der Waals surface area contributed by atoms with Gasteiger partial charge in [-0.05, 0) is 72.9 Å². The van der Waals surface area contributed by atoms with Crippen LogP contribution < -0.4 is 5.32 Å². The summed E-state index contributed by atoms with van der Waals surface area (Å²) in [6.07, 6.45) is 0.885. The summed E-state index contributed by atoms with van der Waals surface area (Å²) in [5.41, 5.74) is 2.87. The zero-order valence-electron chi connectivity index (χ0n) is 22.6. The summed E-state index contributed by atoms with van der Waals surface area (Å²) in [6, 6.07) is 10.1. The molecule has 1 aliphatic carbocycles. The monoisotopic (exact) mass is 553 g/mol. The number of carbonyl (C=O) groups is 5. The number of hydrogen-bond donors (Lipinski definition) is 4. The highest BCUT2D eigenvalue weighted by Gasteiger charge is 2.35. The molecule has 0 spiro atoms. The van der Waals surface area contributed by atoms with E-state index in [9.17, 15) is 39.3 Å². The average molecular weight is 554 g/mol. The molecule has 10 heteroatoms. The molecule has 1 aliphatic rings. The molecule has 0 aromatic heterocycles. The first-order valence-corrected chi connectivity index (χ1v) is 13.2. The number of Topliss-reactive ketones (excluding diaryl/α,β-unsaturated/α-hetero) is 3. The van der Waals surface area contributed by atoms with Gasteiger partial charge in [0, 0.05) is 31.6 Å². The Morgan fingerprint density at radius 3 is 2.33 bits per heavy atom. The van der Waals surface area contributed by atoms with E-state index in [4.69, 9.17) is 0 Å². The molecule has 2 aromatic carbocycles. The molecule has 0 radical (unpaired) electrons. The first-order chi connectivity index (χ1) is 19.0. The van der Waals surface area contributed by atoms with Gasteiger partial charge in [0.2, 0.25) is 0 Å². The van der Waals surface area contributed by atoms with Crippen LogP contribution in [0.1, 0.15) is 55.5 Å². The van der Waals surface area contributed by atoms with E-state index in [1.807, 2.05) is 0 Å². The number of phenols is 1. The minimum absolute atomic E-state index is 0.117. The van der Waals surface area contributed by atoms with Gasteiger partial charge in [-0.2, -0.15) is 0 Å². The summed E-state index contributed by atoms with van der Waals surface area (Å²) in [5, 5.41) is 32.7. The molecule has 2 aromatic rings. The van der Waals surface area contributed by atoms with E-state index in [2.05, 4.69) is 10.1 Å². The Labute approximate surface area is 232 Å². The number of fused-ring (bicyclic) bond motifs is 1. The Morgan fingerprint density at radius 1 is 1.02 bits per heavy atom. The van der Waals surface area contributed by atoms with Crippen LogP contribution in [0, 0.1) is 17.8 Å². The third-order valence-corrected chi connectivity index (χ3v) is 7.16. The lowest BCUT2D eigenvalue weighted by molar-refractivity contribution is -0.145. The number of amides is 1. The molecule has 3 unspecified atom stereocenters. The highest BCUT2D eigenvalue weighted by molar-refractivity contribution is 6.03. The number of anilines is 1. The number of phenolic OH excluding ortho intramolecular Hbond substituents is 1. The number of esters is 1. The second-order valence-electron chi connectivity index (χ2n) is 10.2. The van der Waals surface area contributed by atoms with Crippen molar-refractivity contribution in [2.75, 3.05) is 25.1 Å². The Morgan fingerprint density at radius 2 is 1.73 bits per heavy atom. The van der Waals surface area contributed by atoms with Crippen molar-refractivity contribution in [2.45, 2.75) is 46.0 Å². The Hall–Kier alpha value is -3.89. The van der Waals surface area contributed by atoms with Crippen molar-refractivity contribution >= 4 is 34.9 Å². The van der Waals surface area contributed by atoms with Crippen LogP contribution in [0.2, 0.25) is 0 Å². The summed E-state index contributed by atoms with van der Waals surface area (Å²) < 4.78 is 4.69. The summed E-state index contributed by atoms with van der Waals surface area (Å²) in [4.78, 5) is 60.2. The molecule has 3 atom stereocenters. The maximum Gasteiger partial charge on any atom is 0.303 e. The van der Waals surface area contributed by atoms with Gasteiger partial charge in [-0.1, -0.05) is 18.2 Å². The summed E-state index contributed by atoms with van der Waals surface area (Å²) in [6.45, 7) is 1.45. The van der Waals surface area contributed by atoms with E-state index in [-0.39, 0.29) is 60.4 Å². The number of carbonyl (C=O) groups excluding carboxylic acids is 5. The molecule has 0 heterocycles. The molecular formula is C30H35NO9.